The van der Waals surface area contributed by atoms with Crippen molar-refractivity contribution in [2.75, 3.05) is 6.61 Å². The molecule has 2 aromatic carbocycles. The number of Topliss-reactive ketones (excluding diaryl/α,β-unsaturated/α-hetero) is 1. The van der Waals surface area contributed by atoms with E-state index in [1.807, 2.05) is 34.9 Å². The fraction of sp³-hybridized carbons (Fsp3) is 0.280. The number of carboxylic acids is 1. The van der Waals surface area contributed by atoms with Crippen LogP contribution < -0.4 is 10.5 Å². The highest BCUT2D eigenvalue weighted by atomic mass is 16.6. The van der Waals surface area contributed by atoms with Crippen molar-refractivity contribution < 1.29 is 33.8 Å². The normalized spacial score (nSPS) is 11.7. The molecular weight excluding hydrogens is 440 g/mol. The van der Waals surface area contributed by atoms with Crippen LogP contribution >= 0.6 is 0 Å². The molecule has 0 aliphatic carbocycles. The molecule has 34 heavy (non-hydrogen) atoms. The third-order valence-corrected chi connectivity index (χ3v) is 5.39. The first-order valence-corrected chi connectivity index (χ1v) is 10.8. The van der Waals surface area contributed by atoms with E-state index in [9.17, 15) is 19.2 Å². The Bertz CT molecular complexity index is 1230. The predicted octanol–water partition coefficient (Wildman–Crippen LogP) is 2.84. The van der Waals surface area contributed by atoms with E-state index < -0.39 is 29.7 Å². The van der Waals surface area contributed by atoms with Gasteiger partial charge in [-0.3, -0.25) is 14.4 Å². The zero-order valence-corrected chi connectivity index (χ0v) is 18.9. The highest BCUT2D eigenvalue weighted by Gasteiger charge is 2.29. The zero-order chi connectivity index (χ0) is 24.8. The Labute approximate surface area is 196 Å². The molecule has 178 valence electrons. The number of nitrogens with two attached hydrogens (primary N) is 1. The number of aliphatic carboxylic acids is 1. The van der Waals surface area contributed by atoms with Crippen LogP contribution in [0.4, 0.5) is 0 Å². The number of esters is 1. The molecular formula is C25H26N2O7. The maximum atomic E-state index is 12.8. The smallest absolute Gasteiger partial charge is 0.347 e. The van der Waals surface area contributed by atoms with Gasteiger partial charge in [0.2, 0.25) is 0 Å². The van der Waals surface area contributed by atoms with Crippen molar-refractivity contribution in [3.8, 4) is 5.75 Å². The van der Waals surface area contributed by atoms with Gasteiger partial charge in [0.15, 0.2) is 6.10 Å². The summed E-state index contributed by atoms with van der Waals surface area (Å²) in [5, 5.41) is 9.39. The predicted molar refractivity (Wildman–Crippen MR) is 124 cm³/mol. The number of fused-ring (bicyclic) bond motifs is 1. The number of hydrogen-bond acceptors (Lipinski definition) is 6. The quantitative estimate of drug-likeness (QED) is 0.252. The number of ether oxygens (including phenoxy) is 2. The summed E-state index contributed by atoms with van der Waals surface area (Å²) in [4.78, 5) is 48.2. The molecule has 0 aliphatic heterocycles. The third-order valence-electron chi connectivity index (χ3n) is 5.39. The van der Waals surface area contributed by atoms with Gasteiger partial charge in [0, 0.05) is 25.1 Å². The number of aromatic nitrogens is 1. The summed E-state index contributed by atoms with van der Waals surface area (Å²) in [6, 6.07) is 14.6. The lowest BCUT2D eigenvalue weighted by Crippen LogP contribution is -2.30. The summed E-state index contributed by atoms with van der Waals surface area (Å²) in [5.41, 5.74) is 7.49. The minimum Gasteiger partial charge on any atom is -0.481 e. The molecule has 0 fully saturated rings. The van der Waals surface area contributed by atoms with Crippen LogP contribution in [0.15, 0.2) is 48.5 Å². The molecule has 3 N–H and O–H groups in total. The Morgan fingerprint density at radius 2 is 1.76 bits per heavy atom. The van der Waals surface area contributed by atoms with E-state index in [-0.39, 0.29) is 30.8 Å². The van der Waals surface area contributed by atoms with Crippen molar-refractivity contribution >= 4 is 34.5 Å². The standard InChI is InChI=1S/C25H26N2O7/c1-3-33-25(32)19(12-13-20(28)29)34-18-11-7-10-17-22(18)21(23(30)24(26)31)15(2)27(17)14-16-8-5-4-6-9-16/h4-11,19H,3,12-14H2,1-2H3,(H2,26,31)(H,28,29). The number of carbonyl (C=O) groups is 4. The maximum absolute atomic E-state index is 12.8. The summed E-state index contributed by atoms with van der Waals surface area (Å²) in [7, 11) is 0. The van der Waals surface area contributed by atoms with E-state index in [4.69, 9.17) is 20.3 Å². The summed E-state index contributed by atoms with van der Waals surface area (Å²) in [6.07, 6.45) is -1.66. The number of carbonyl (C=O) groups excluding carboxylic acids is 3. The van der Waals surface area contributed by atoms with E-state index in [1.54, 1.807) is 32.0 Å². The molecule has 0 spiro atoms. The number of carboxylic acid groups (broad SMARTS) is 1. The fourth-order valence-electron chi connectivity index (χ4n) is 3.83. The minimum atomic E-state index is -1.21. The van der Waals surface area contributed by atoms with Gasteiger partial charge in [-0.1, -0.05) is 36.4 Å². The van der Waals surface area contributed by atoms with Gasteiger partial charge in [0.25, 0.3) is 11.7 Å². The van der Waals surface area contributed by atoms with Gasteiger partial charge in [0.1, 0.15) is 5.75 Å². The van der Waals surface area contributed by atoms with E-state index in [0.29, 0.717) is 23.1 Å². The van der Waals surface area contributed by atoms with Crippen LogP contribution in [0.2, 0.25) is 0 Å². The van der Waals surface area contributed by atoms with Crippen molar-refractivity contribution in [3.05, 3.63) is 65.4 Å². The minimum absolute atomic E-state index is 0.0786. The van der Waals surface area contributed by atoms with Crippen LogP contribution in [-0.2, 0) is 25.7 Å². The Kier molecular flexibility index (Phi) is 7.68. The number of hydrogen-bond donors (Lipinski definition) is 2. The lowest BCUT2D eigenvalue weighted by molar-refractivity contribution is -0.152. The molecule has 0 radical (unpaired) electrons. The van der Waals surface area contributed by atoms with Gasteiger partial charge in [-0.25, -0.2) is 4.79 Å². The Hall–Kier alpha value is -4.14. The second kappa shape index (κ2) is 10.7. The lowest BCUT2D eigenvalue weighted by Gasteiger charge is -2.18. The average molecular weight is 466 g/mol. The van der Waals surface area contributed by atoms with Crippen LogP contribution in [-0.4, -0.2) is 46.0 Å². The molecule has 0 bridgehead atoms. The first-order valence-electron chi connectivity index (χ1n) is 10.8. The molecule has 0 aliphatic rings. The first kappa shape index (κ1) is 24.5. The maximum Gasteiger partial charge on any atom is 0.347 e. The number of amides is 1. The molecule has 1 amide bonds. The Morgan fingerprint density at radius 3 is 2.38 bits per heavy atom. The number of nitrogens with zero attached hydrogens (tertiary/aromatic N) is 1. The Morgan fingerprint density at radius 1 is 1.06 bits per heavy atom. The van der Waals surface area contributed by atoms with Gasteiger partial charge in [-0.2, -0.15) is 0 Å². The highest BCUT2D eigenvalue weighted by molar-refractivity contribution is 6.45. The molecule has 3 aromatic rings. The van der Waals surface area contributed by atoms with Crippen molar-refractivity contribution in [1.29, 1.82) is 0 Å². The van der Waals surface area contributed by atoms with Gasteiger partial charge >= 0.3 is 11.9 Å². The average Bonchev–Trinajstić information content (AvgIpc) is 3.08. The summed E-state index contributed by atoms with van der Waals surface area (Å²) in [5.74, 6) is -3.66. The van der Waals surface area contributed by atoms with Crippen molar-refractivity contribution in [1.82, 2.24) is 4.57 Å². The highest BCUT2D eigenvalue weighted by Crippen LogP contribution is 2.35. The van der Waals surface area contributed by atoms with Gasteiger partial charge < -0.3 is 24.9 Å². The molecule has 3 rings (SSSR count). The number of ketones is 1. The van der Waals surface area contributed by atoms with E-state index in [2.05, 4.69) is 0 Å². The van der Waals surface area contributed by atoms with Crippen LogP contribution in [0.5, 0.6) is 5.75 Å². The lowest BCUT2D eigenvalue weighted by atomic mass is 10.1. The topological polar surface area (TPSA) is 138 Å². The van der Waals surface area contributed by atoms with Crippen LogP contribution in [0, 0.1) is 6.92 Å². The molecule has 1 heterocycles. The fourth-order valence-corrected chi connectivity index (χ4v) is 3.83. The van der Waals surface area contributed by atoms with Crippen molar-refractivity contribution in [2.24, 2.45) is 5.73 Å². The number of benzene rings is 2. The second-order valence-electron chi connectivity index (χ2n) is 7.67. The molecule has 1 atom stereocenters. The summed E-state index contributed by atoms with van der Waals surface area (Å²) in [6.45, 7) is 3.84. The molecule has 9 heteroatoms. The molecule has 9 nitrogen and oxygen atoms in total. The second-order valence-corrected chi connectivity index (χ2v) is 7.67. The molecule has 1 aromatic heterocycles. The number of rotatable bonds is 11. The monoisotopic (exact) mass is 466 g/mol. The van der Waals surface area contributed by atoms with Gasteiger partial charge in [-0.05, 0) is 31.5 Å². The van der Waals surface area contributed by atoms with E-state index in [1.165, 1.54) is 0 Å². The molecule has 0 saturated heterocycles. The summed E-state index contributed by atoms with van der Waals surface area (Å²) >= 11 is 0. The third kappa shape index (κ3) is 5.25. The van der Waals surface area contributed by atoms with Crippen molar-refractivity contribution in [2.45, 2.75) is 39.3 Å². The van der Waals surface area contributed by atoms with Crippen LogP contribution in [0.3, 0.4) is 0 Å². The Balaban J connectivity index is 2.15. The van der Waals surface area contributed by atoms with E-state index >= 15 is 0 Å². The van der Waals surface area contributed by atoms with Crippen LogP contribution in [0.1, 0.15) is 41.4 Å². The van der Waals surface area contributed by atoms with Crippen molar-refractivity contribution in [3.63, 3.8) is 0 Å². The largest absolute Gasteiger partial charge is 0.481 e. The van der Waals surface area contributed by atoms with Crippen LogP contribution in [0.25, 0.3) is 10.9 Å². The molecule has 1 unspecified atom stereocenters. The zero-order valence-electron chi connectivity index (χ0n) is 18.9. The van der Waals surface area contributed by atoms with Gasteiger partial charge in [-0.15, -0.1) is 0 Å². The SMILES string of the molecule is CCOC(=O)C(CCC(=O)O)Oc1cccc2c1c(C(=O)C(N)=O)c(C)n2Cc1ccccc1. The summed E-state index contributed by atoms with van der Waals surface area (Å²) < 4.78 is 12.8. The van der Waals surface area contributed by atoms with Gasteiger partial charge in [0.05, 0.1) is 23.1 Å². The first-order chi connectivity index (χ1) is 16.2. The number of primary amides is 1. The molecule has 0 saturated carbocycles. The van der Waals surface area contributed by atoms with E-state index in [0.717, 1.165) is 5.56 Å².